The molecule has 0 aliphatic carbocycles. The Morgan fingerprint density at radius 3 is 2.52 bits per heavy atom. The third-order valence-electron chi connectivity index (χ3n) is 5.51. The van der Waals surface area contributed by atoms with E-state index < -0.39 is 5.60 Å². The van der Waals surface area contributed by atoms with Crippen LogP contribution in [0.3, 0.4) is 0 Å². The van der Waals surface area contributed by atoms with Gasteiger partial charge in [-0.3, -0.25) is 0 Å². The number of carbonyl (C=O) groups is 1. The molecule has 1 aliphatic rings. The zero-order valence-corrected chi connectivity index (χ0v) is 20.1. The van der Waals surface area contributed by atoms with Crippen LogP contribution in [0.15, 0.2) is 30.5 Å². The molecular weight excluding hydrogens is 444 g/mol. The number of hydrogen-bond donors (Lipinski definition) is 1. The van der Waals surface area contributed by atoms with Crippen molar-refractivity contribution in [2.75, 3.05) is 25.5 Å². The summed E-state index contributed by atoms with van der Waals surface area (Å²) >= 11 is 6.25. The smallest absolute Gasteiger partial charge is 0.410 e. The molecular formula is C23H29ClN6O3. The van der Waals surface area contributed by atoms with Crippen molar-refractivity contribution in [2.45, 2.75) is 51.8 Å². The van der Waals surface area contributed by atoms with E-state index in [1.54, 1.807) is 18.2 Å². The summed E-state index contributed by atoms with van der Waals surface area (Å²) in [7, 11) is 1.64. The summed E-state index contributed by atoms with van der Waals surface area (Å²) in [5.74, 6) is 1.45. The first kappa shape index (κ1) is 23.1. The highest BCUT2D eigenvalue weighted by Gasteiger charge is 2.29. The van der Waals surface area contributed by atoms with Crippen molar-refractivity contribution in [1.82, 2.24) is 24.6 Å². The van der Waals surface area contributed by atoms with Crippen LogP contribution in [0.5, 0.6) is 5.75 Å². The van der Waals surface area contributed by atoms with E-state index in [4.69, 9.17) is 21.1 Å². The molecule has 9 nitrogen and oxygen atoms in total. The first-order valence-corrected chi connectivity index (χ1v) is 11.4. The molecule has 0 atom stereocenters. The van der Waals surface area contributed by atoms with Gasteiger partial charge in [0.05, 0.1) is 24.7 Å². The Morgan fingerprint density at radius 1 is 1.18 bits per heavy atom. The molecule has 3 heterocycles. The molecule has 33 heavy (non-hydrogen) atoms. The van der Waals surface area contributed by atoms with E-state index in [2.05, 4.69) is 20.4 Å². The van der Waals surface area contributed by atoms with Crippen LogP contribution in [0.25, 0.3) is 11.0 Å². The minimum atomic E-state index is -0.505. The van der Waals surface area contributed by atoms with Gasteiger partial charge in [0, 0.05) is 19.6 Å². The van der Waals surface area contributed by atoms with Gasteiger partial charge in [-0.25, -0.2) is 9.48 Å². The average molecular weight is 473 g/mol. The van der Waals surface area contributed by atoms with E-state index in [9.17, 15) is 4.79 Å². The maximum Gasteiger partial charge on any atom is 0.410 e. The summed E-state index contributed by atoms with van der Waals surface area (Å²) in [6.45, 7) is 7.39. The lowest BCUT2D eigenvalue weighted by atomic mass is 10.1. The van der Waals surface area contributed by atoms with Crippen LogP contribution in [0.1, 0.15) is 45.2 Å². The van der Waals surface area contributed by atoms with E-state index >= 15 is 0 Å². The number of likely N-dealkylation sites (tertiary alicyclic amines) is 1. The number of fused-ring (bicyclic) bond motifs is 1. The van der Waals surface area contributed by atoms with Gasteiger partial charge in [-0.1, -0.05) is 12.1 Å². The van der Waals surface area contributed by atoms with E-state index in [-0.39, 0.29) is 17.4 Å². The molecule has 0 unspecified atom stereocenters. The van der Waals surface area contributed by atoms with Gasteiger partial charge in [0.2, 0.25) is 5.28 Å². The number of hydrogen-bond acceptors (Lipinski definition) is 7. The molecule has 2 aromatic heterocycles. The molecule has 0 radical (unpaired) electrons. The standard InChI is InChI=1S/C23H29ClN6O3/c1-23(2,3)33-22(31)29-11-9-16(10-12-29)30-20-18(14-26-30)19(27-21(24)28-20)25-13-15-5-7-17(32-4)8-6-15/h5-8,14,16H,9-13H2,1-4H3,(H,25,27,28). The van der Waals surface area contributed by atoms with Crippen molar-refractivity contribution in [3.8, 4) is 5.75 Å². The molecule has 4 rings (SSSR count). The van der Waals surface area contributed by atoms with Gasteiger partial charge in [0.1, 0.15) is 17.2 Å². The molecule has 1 amide bonds. The number of anilines is 1. The minimum absolute atomic E-state index is 0.113. The number of carbonyl (C=O) groups excluding carboxylic acids is 1. The molecule has 10 heteroatoms. The molecule has 1 fully saturated rings. The van der Waals surface area contributed by atoms with Crippen LogP contribution < -0.4 is 10.1 Å². The van der Waals surface area contributed by atoms with Crippen molar-refractivity contribution in [1.29, 1.82) is 0 Å². The van der Waals surface area contributed by atoms with E-state index in [0.29, 0.717) is 31.1 Å². The maximum atomic E-state index is 12.4. The van der Waals surface area contributed by atoms with Crippen LogP contribution >= 0.6 is 11.6 Å². The summed E-state index contributed by atoms with van der Waals surface area (Å²) in [5, 5.41) is 8.90. The van der Waals surface area contributed by atoms with Crippen molar-refractivity contribution in [3.63, 3.8) is 0 Å². The van der Waals surface area contributed by atoms with Crippen LogP contribution in [-0.2, 0) is 11.3 Å². The number of ether oxygens (including phenoxy) is 2. The van der Waals surface area contributed by atoms with Crippen molar-refractivity contribution < 1.29 is 14.3 Å². The molecule has 1 aromatic carbocycles. The number of aromatic nitrogens is 4. The van der Waals surface area contributed by atoms with Crippen LogP contribution in [0, 0.1) is 0 Å². The van der Waals surface area contributed by atoms with Crippen LogP contribution in [-0.4, -0.2) is 56.5 Å². The molecule has 3 aromatic rings. The Labute approximate surface area is 198 Å². The predicted octanol–water partition coefficient (Wildman–Crippen LogP) is 4.67. The monoisotopic (exact) mass is 472 g/mol. The molecule has 1 N–H and O–H groups in total. The number of piperidine rings is 1. The molecule has 1 saturated heterocycles. The normalized spacial score (nSPS) is 15.0. The maximum absolute atomic E-state index is 12.4. The second-order valence-electron chi connectivity index (χ2n) is 9.07. The number of benzene rings is 1. The van der Waals surface area contributed by atoms with Gasteiger partial charge >= 0.3 is 6.09 Å². The minimum Gasteiger partial charge on any atom is -0.497 e. The van der Waals surface area contributed by atoms with E-state index in [1.807, 2.05) is 49.7 Å². The average Bonchev–Trinajstić information content (AvgIpc) is 3.20. The third-order valence-corrected chi connectivity index (χ3v) is 5.68. The highest BCUT2D eigenvalue weighted by molar-refractivity contribution is 6.28. The van der Waals surface area contributed by atoms with Gasteiger partial charge < -0.3 is 19.7 Å². The lowest BCUT2D eigenvalue weighted by Gasteiger charge is -2.33. The number of nitrogens with zero attached hydrogens (tertiary/aromatic N) is 5. The van der Waals surface area contributed by atoms with E-state index in [1.165, 1.54) is 0 Å². The summed E-state index contributed by atoms with van der Waals surface area (Å²) in [6, 6.07) is 7.94. The number of nitrogens with one attached hydrogen (secondary N) is 1. The Balaban J connectivity index is 1.46. The first-order valence-electron chi connectivity index (χ1n) is 11.0. The van der Waals surface area contributed by atoms with Gasteiger partial charge in [-0.05, 0) is 62.9 Å². The number of rotatable bonds is 5. The molecule has 176 valence electrons. The fourth-order valence-electron chi connectivity index (χ4n) is 3.85. The summed E-state index contributed by atoms with van der Waals surface area (Å²) in [6.07, 6.45) is 3.00. The summed E-state index contributed by atoms with van der Waals surface area (Å²) in [5.41, 5.74) is 1.26. The highest BCUT2D eigenvalue weighted by atomic mass is 35.5. The highest BCUT2D eigenvalue weighted by Crippen LogP contribution is 2.29. The Bertz CT molecular complexity index is 1120. The fourth-order valence-corrected chi connectivity index (χ4v) is 4.01. The summed E-state index contributed by atoms with van der Waals surface area (Å²) in [4.78, 5) is 22.9. The van der Waals surface area contributed by atoms with E-state index in [0.717, 1.165) is 29.5 Å². The number of halogens is 1. The number of amides is 1. The lowest BCUT2D eigenvalue weighted by Crippen LogP contribution is -2.42. The largest absolute Gasteiger partial charge is 0.497 e. The fraction of sp³-hybridized carbons (Fsp3) is 0.478. The SMILES string of the molecule is COc1ccc(CNc2nc(Cl)nc3c2cnn3C2CCN(C(=O)OC(C)(C)C)CC2)cc1. The molecule has 0 bridgehead atoms. The van der Waals surface area contributed by atoms with Crippen molar-refractivity contribution >= 4 is 34.5 Å². The van der Waals surface area contributed by atoms with Crippen LogP contribution in [0.2, 0.25) is 5.28 Å². The first-order chi connectivity index (χ1) is 15.7. The molecule has 0 saturated carbocycles. The Hall–Kier alpha value is -3.07. The van der Waals surface area contributed by atoms with Gasteiger partial charge in [-0.15, -0.1) is 0 Å². The Morgan fingerprint density at radius 2 is 1.88 bits per heavy atom. The molecule has 1 aliphatic heterocycles. The topological polar surface area (TPSA) is 94.4 Å². The third kappa shape index (κ3) is 5.47. The Kier molecular flexibility index (Phi) is 6.60. The van der Waals surface area contributed by atoms with Gasteiger partial charge in [0.15, 0.2) is 5.65 Å². The van der Waals surface area contributed by atoms with Crippen LogP contribution in [0.4, 0.5) is 10.6 Å². The van der Waals surface area contributed by atoms with Crippen molar-refractivity contribution in [3.05, 3.63) is 41.3 Å². The quantitative estimate of drug-likeness (QED) is 0.539. The summed E-state index contributed by atoms with van der Waals surface area (Å²) < 4.78 is 12.6. The zero-order valence-electron chi connectivity index (χ0n) is 19.3. The predicted molar refractivity (Wildman–Crippen MR) is 127 cm³/mol. The van der Waals surface area contributed by atoms with Gasteiger partial charge in [-0.2, -0.15) is 15.1 Å². The zero-order chi connectivity index (χ0) is 23.6. The molecule has 0 spiro atoms. The van der Waals surface area contributed by atoms with Gasteiger partial charge in [0.25, 0.3) is 0 Å². The number of methoxy groups -OCH3 is 1. The van der Waals surface area contributed by atoms with Crippen molar-refractivity contribution in [2.24, 2.45) is 0 Å². The second-order valence-corrected chi connectivity index (χ2v) is 9.41. The second kappa shape index (κ2) is 9.43. The lowest BCUT2D eigenvalue weighted by molar-refractivity contribution is 0.0186.